The highest BCUT2D eigenvalue weighted by molar-refractivity contribution is 6.31. The fourth-order valence-electron chi connectivity index (χ4n) is 3.47. The number of hydrazine groups is 1. The third-order valence-corrected chi connectivity index (χ3v) is 5.54. The number of amides is 2. The molecule has 0 aliphatic rings. The van der Waals surface area contributed by atoms with E-state index >= 15 is 0 Å². The molecule has 2 aromatic carbocycles. The van der Waals surface area contributed by atoms with Crippen LogP contribution in [0.2, 0.25) is 5.02 Å². The van der Waals surface area contributed by atoms with Crippen LogP contribution in [0.4, 0.5) is 19.4 Å². The van der Waals surface area contributed by atoms with Crippen LogP contribution in [0.15, 0.2) is 48.7 Å². The van der Waals surface area contributed by atoms with Crippen molar-refractivity contribution in [3.05, 3.63) is 70.9 Å². The van der Waals surface area contributed by atoms with Crippen LogP contribution in [-0.4, -0.2) is 34.6 Å². The van der Waals surface area contributed by atoms with E-state index < -0.39 is 23.8 Å². The normalized spacial score (nSPS) is 11.8. The highest BCUT2D eigenvalue weighted by atomic mass is 35.5. The van der Waals surface area contributed by atoms with E-state index in [4.69, 9.17) is 16.3 Å². The molecule has 0 saturated carbocycles. The summed E-state index contributed by atoms with van der Waals surface area (Å²) < 4.78 is 32.5. The van der Waals surface area contributed by atoms with Crippen LogP contribution < -0.4 is 10.7 Å². The number of carbonyl (C=O) groups excluding carboxylic acids is 2. The number of pyridine rings is 1. The highest BCUT2D eigenvalue weighted by Gasteiger charge is 2.23. The summed E-state index contributed by atoms with van der Waals surface area (Å²) in [7, 11) is 0. The van der Waals surface area contributed by atoms with Crippen molar-refractivity contribution in [2.24, 2.45) is 0 Å². The summed E-state index contributed by atoms with van der Waals surface area (Å²) in [5.74, 6) is -1.04. The average Bonchev–Trinajstić information content (AvgIpc) is 2.79. The smallest absolute Gasteiger partial charge is 0.412 e. The molecule has 34 heavy (non-hydrogen) atoms. The summed E-state index contributed by atoms with van der Waals surface area (Å²) >= 11 is 6.00. The summed E-state index contributed by atoms with van der Waals surface area (Å²) in [6.45, 7) is 3.33. The molecule has 3 aromatic rings. The van der Waals surface area contributed by atoms with E-state index in [0.717, 1.165) is 11.8 Å². The molecule has 1 heterocycles. The van der Waals surface area contributed by atoms with Gasteiger partial charge in [0.15, 0.2) is 0 Å². The molecule has 0 bridgehead atoms. The Morgan fingerprint density at radius 1 is 1.18 bits per heavy atom. The van der Waals surface area contributed by atoms with E-state index in [1.807, 2.05) is 6.92 Å². The number of nitrogens with zero attached hydrogens (tertiary/aromatic N) is 2. The van der Waals surface area contributed by atoms with Gasteiger partial charge in [-0.2, -0.15) is 0 Å². The summed E-state index contributed by atoms with van der Waals surface area (Å²) in [5.41, 5.74) is 3.45. The monoisotopic (exact) mass is 490 g/mol. The van der Waals surface area contributed by atoms with Crippen molar-refractivity contribution in [1.29, 1.82) is 0 Å². The first-order valence-electron chi connectivity index (χ1n) is 10.7. The van der Waals surface area contributed by atoms with Gasteiger partial charge < -0.3 is 4.74 Å². The molecule has 0 fully saturated rings. The number of halogens is 3. The Morgan fingerprint density at radius 2 is 1.97 bits per heavy atom. The Balaban J connectivity index is 1.63. The van der Waals surface area contributed by atoms with E-state index in [9.17, 15) is 18.4 Å². The predicted molar refractivity (Wildman–Crippen MR) is 126 cm³/mol. The molecule has 10 heteroatoms. The minimum absolute atomic E-state index is 0.0241. The molecule has 0 saturated heterocycles. The van der Waals surface area contributed by atoms with Crippen LogP contribution >= 0.6 is 11.6 Å². The quantitative estimate of drug-likeness (QED) is 0.390. The third-order valence-electron chi connectivity index (χ3n) is 5.12. The van der Waals surface area contributed by atoms with Gasteiger partial charge in [0, 0.05) is 25.1 Å². The van der Waals surface area contributed by atoms with E-state index in [1.54, 1.807) is 12.1 Å². The molecule has 0 spiro atoms. The van der Waals surface area contributed by atoms with Gasteiger partial charge in [0.2, 0.25) is 5.91 Å². The van der Waals surface area contributed by atoms with Gasteiger partial charge in [0.05, 0.1) is 11.1 Å². The van der Waals surface area contributed by atoms with Crippen LogP contribution in [0.5, 0.6) is 0 Å². The maximum atomic E-state index is 13.7. The summed E-state index contributed by atoms with van der Waals surface area (Å²) in [6.07, 6.45) is 2.02. The number of rotatable bonds is 9. The lowest BCUT2D eigenvalue weighted by Gasteiger charge is -2.31. The third kappa shape index (κ3) is 6.61. The second-order valence-corrected chi connectivity index (χ2v) is 8.04. The number of hydrogen-bond donors (Lipinski definition) is 2. The summed E-state index contributed by atoms with van der Waals surface area (Å²) in [4.78, 5) is 28.8. The van der Waals surface area contributed by atoms with Crippen molar-refractivity contribution < 1.29 is 23.1 Å². The lowest BCUT2D eigenvalue weighted by atomic mass is 10.1. The Bertz CT molecular complexity index is 1180. The Kier molecular flexibility index (Phi) is 8.72. The lowest BCUT2D eigenvalue weighted by Crippen LogP contribution is -2.50. The van der Waals surface area contributed by atoms with Gasteiger partial charge in [0.1, 0.15) is 24.1 Å². The first kappa shape index (κ1) is 25.3. The average molecular weight is 491 g/mol. The molecule has 0 radical (unpaired) electrons. The Morgan fingerprint density at radius 3 is 2.71 bits per heavy atom. The van der Waals surface area contributed by atoms with E-state index in [2.05, 4.69) is 15.7 Å². The van der Waals surface area contributed by atoms with Crippen LogP contribution in [0.1, 0.15) is 32.3 Å². The second kappa shape index (κ2) is 11.7. The van der Waals surface area contributed by atoms with E-state index in [0.29, 0.717) is 17.4 Å². The zero-order chi connectivity index (χ0) is 24.7. The predicted octanol–water partition coefficient (Wildman–Crippen LogP) is 5.44. The molecule has 1 atom stereocenters. The van der Waals surface area contributed by atoms with Crippen LogP contribution in [0, 0.1) is 11.6 Å². The Labute approximate surface area is 201 Å². The fourth-order valence-corrected chi connectivity index (χ4v) is 3.66. The second-order valence-electron chi connectivity index (χ2n) is 7.66. The SMILES string of the molecule is CCC[C@@H](COC(=O)Nc1cc2cc(F)ccc2cn1)N(NCc1cccc(F)c1Cl)C(C)=O. The maximum absolute atomic E-state index is 13.7. The molecular formula is C24H25ClF2N4O3. The van der Waals surface area contributed by atoms with Crippen molar-refractivity contribution in [2.45, 2.75) is 39.3 Å². The number of anilines is 1. The number of carbonyl (C=O) groups is 2. The topological polar surface area (TPSA) is 83.6 Å². The first-order valence-corrected chi connectivity index (χ1v) is 11.1. The minimum atomic E-state index is -0.763. The van der Waals surface area contributed by atoms with Gasteiger partial charge >= 0.3 is 6.09 Å². The molecule has 3 rings (SSSR count). The van der Waals surface area contributed by atoms with Crippen molar-refractivity contribution in [1.82, 2.24) is 15.4 Å². The minimum Gasteiger partial charge on any atom is -0.447 e. The Hall–Kier alpha value is -3.30. The van der Waals surface area contributed by atoms with Crippen LogP contribution in [0.3, 0.4) is 0 Å². The fraction of sp³-hybridized carbons (Fsp3) is 0.292. The van der Waals surface area contributed by atoms with Crippen LogP contribution in [0.25, 0.3) is 10.8 Å². The van der Waals surface area contributed by atoms with Crippen molar-refractivity contribution >= 4 is 40.2 Å². The zero-order valence-electron chi connectivity index (χ0n) is 18.8. The van der Waals surface area contributed by atoms with Gasteiger partial charge in [0.25, 0.3) is 0 Å². The lowest BCUT2D eigenvalue weighted by molar-refractivity contribution is -0.136. The number of ether oxygens (including phenoxy) is 1. The van der Waals surface area contributed by atoms with Gasteiger partial charge in [-0.3, -0.25) is 15.1 Å². The molecule has 0 aliphatic heterocycles. The molecule has 2 N–H and O–H groups in total. The van der Waals surface area contributed by atoms with E-state index in [1.165, 1.54) is 48.5 Å². The number of aromatic nitrogens is 1. The zero-order valence-corrected chi connectivity index (χ0v) is 19.5. The maximum Gasteiger partial charge on any atom is 0.412 e. The molecule has 0 aliphatic carbocycles. The molecule has 0 unspecified atom stereocenters. The molecule has 1 aromatic heterocycles. The summed E-state index contributed by atoms with van der Waals surface area (Å²) in [5, 5.41) is 5.15. The van der Waals surface area contributed by atoms with Crippen molar-refractivity contribution in [2.75, 3.05) is 11.9 Å². The molecular weight excluding hydrogens is 466 g/mol. The van der Waals surface area contributed by atoms with Crippen molar-refractivity contribution in [3.8, 4) is 0 Å². The standard InChI is InChI=1S/C24H25ClF2N4O3/c1-3-5-20(31(15(2)32)29-13-17-6-4-7-21(27)23(17)25)14-34-24(33)30-22-11-18-10-19(26)9-8-16(18)12-28-22/h4,6-12,20,29H,3,5,13-14H2,1-2H3,(H,28,30,33)/t20-/m0/s1. The largest absolute Gasteiger partial charge is 0.447 e. The van der Waals surface area contributed by atoms with Gasteiger partial charge in [-0.05, 0) is 47.7 Å². The number of benzene rings is 2. The molecule has 2 amide bonds. The van der Waals surface area contributed by atoms with Gasteiger partial charge in [-0.1, -0.05) is 37.1 Å². The van der Waals surface area contributed by atoms with Gasteiger partial charge in [-0.25, -0.2) is 24.0 Å². The number of fused-ring (bicyclic) bond motifs is 1. The van der Waals surface area contributed by atoms with Crippen LogP contribution in [-0.2, 0) is 16.1 Å². The van der Waals surface area contributed by atoms with Crippen molar-refractivity contribution in [3.63, 3.8) is 0 Å². The number of nitrogens with one attached hydrogen (secondary N) is 2. The first-order chi connectivity index (χ1) is 16.3. The molecule has 180 valence electrons. The van der Waals surface area contributed by atoms with Gasteiger partial charge in [-0.15, -0.1) is 0 Å². The van der Waals surface area contributed by atoms with E-state index in [-0.39, 0.29) is 29.9 Å². The summed E-state index contributed by atoms with van der Waals surface area (Å²) in [6, 6.07) is 9.76. The highest BCUT2D eigenvalue weighted by Crippen LogP contribution is 2.20. The number of hydrogen-bond acceptors (Lipinski definition) is 5. The molecule has 7 nitrogen and oxygen atoms in total.